The molecule has 3 nitrogen and oxygen atoms in total. The highest BCUT2D eigenvalue weighted by atomic mass is 16.5. The molecule has 1 aromatic rings. The zero-order valence-electron chi connectivity index (χ0n) is 10.9. The van der Waals surface area contributed by atoms with Crippen LogP contribution >= 0.6 is 0 Å². The molecule has 4 fully saturated rings. The Morgan fingerprint density at radius 2 is 1.83 bits per heavy atom. The van der Waals surface area contributed by atoms with E-state index < -0.39 is 0 Å². The van der Waals surface area contributed by atoms with Crippen LogP contribution in [-0.4, -0.2) is 11.7 Å². The Bertz CT molecular complexity index is 377. The van der Waals surface area contributed by atoms with Crippen LogP contribution in [0.1, 0.15) is 44.1 Å². The summed E-state index contributed by atoms with van der Waals surface area (Å²) in [4.78, 5) is 0. The molecule has 18 heavy (non-hydrogen) atoms. The lowest BCUT2D eigenvalue weighted by atomic mass is 9.49. The summed E-state index contributed by atoms with van der Waals surface area (Å²) in [6.45, 7) is 2.10. The normalized spacial score (nSPS) is 41.4. The summed E-state index contributed by atoms with van der Waals surface area (Å²) >= 11 is 0. The average Bonchev–Trinajstić information content (AvgIpc) is 2.79. The van der Waals surface area contributed by atoms with Crippen molar-refractivity contribution in [2.75, 3.05) is 6.54 Å². The highest BCUT2D eigenvalue weighted by molar-refractivity contribution is 5.04. The molecule has 4 bridgehead atoms. The van der Waals surface area contributed by atoms with Crippen molar-refractivity contribution in [1.29, 1.82) is 0 Å². The predicted molar refractivity (Wildman–Crippen MR) is 68.8 cm³/mol. The molecule has 0 saturated heterocycles. The largest absolute Gasteiger partial charge is 0.364 e. The minimum atomic E-state index is 0.631. The first kappa shape index (κ1) is 11.0. The monoisotopic (exact) mass is 246 g/mol. The second-order valence-corrected chi connectivity index (χ2v) is 7.05. The van der Waals surface area contributed by atoms with Crippen LogP contribution in [0.15, 0.2) is 17.0 Å². The number of hydrogen-bond donors (Lipinski definition) is 1. The lowest BCUT2D eigenvalue weighted by molar-refractivity contribution is -0.0514. The van der Waals surface area contributed by atoms with Crippen molar-refractivity contribution in [2.24, 2.45) is 23.2 Å². The highest BCUT2D eigenvalue weighted by Crippen LogP contribution is 2.59. The molecule has 0 amide bonds. The molecule has 0 radical (unpaired) electrons. The van der Waals surface area contributed by atoms with Gasteiger partial charge in [0.1, 0.15) is 6.26 Å². The zero-order valence-corrected chi connectivity index (χ0v) is 10.9. The van der Waals surface area contributed by atoms with Crippen molar-refractivity contribution >= 4 is 0 Å². The van der Waals surface area contributed by atoms with Gasteiger partial charge < -0.3 is 9.84 Å². The van der Waals surface area contributed by atoms with E-state index in [2.05, 4.69) is 10.5 Å². The Labute approximate surface area is 108 Å². The number of nitrogens with one attached hydrogen (secondary N) is 1. The summed E-state index contributed by atoms with van der Waals surface area (Å²) in [7, 11) is 0. The van der Waals surface area contributed by atoms with Crippen molar-refractivity contribution in [3.8, 4) is 0 Å². The minimum absolute atomic E-state index is 0.631. The number of rotatable bonds is 4. The van der Waals surface area contributed by atoms with Gasteiger partial charge in [0.05, 0.1) is 6.20 Å². The van der Waals surface area contributed by atoms with Gasteiger partial charge in [-0.3, -0.25) is 0 Å². The van der Waals surface area contributed by atoms with Crippen LogP contribution in [0.25, 0.3) is 0 Å². The molecule has 5 rings (SSSR count). The van der Waals surface area contributed by atoms with Gasteiger partial charge in [-0.15, -0.1) is 0 Å². The van der Waals surface area contributed by atoms with Gasteiger partial charge in [-0.2, -0.15) is 0 Å². The topological polar surface area (TPSA) is 38.1 Å². The fraction of sp³-hybridized carbons (Fsp3) is 0.800. The second-order valence-electron chi connectivity index (χ2n) is 7.05. The van der Waals surface area contributed by atoms with Crippen molar-refractivity contribution < 1.29 is 4.52 Å². The maximum absolute atomic E-state index is 4.87. The molecule has 98 valence electrons. The van der Waals surface area contributed by atoms with Crippen LogP contribution in [0.3, 0.4) is 0 Å². The second kappa shape index (κ2) is 4.09. The van der Waals surface area contributed by atoms with E-state index in [0.717, 1.165) is 24.3 Å². The first-order valence-corrected chi connectivity index (χ1v) is 7.40. The van der Waals surface area contributed by atoms with Gasteiger partial charge in [0, 0.05) is 18.7 Å². The van der Waals surface area contributed by atoms with E-state index in [4.69, 9.17) is 4.52 Å². The van der Waals surface area contributed by atoms with Gasteiger partial charge in [0.25, 0.3) is 0 Å². The third-order valence-electron chi connectivity index (χ3n) is 5.48. The van der Waals surface area contributed by atoms with Crippen LogP contribution in [0, 0.1) is 23.2 Å². The van der Waals surface area contributed by atoms with E-state index in [1.807, 2.05) is 6.20 Å². The predicted octanol–water partition coefficient (Wildman–Crippen LogP) is 2.98. The fourth-order valence-corrected chi connectivity index (χ4v) is 5.29. The molecule has 3 heteroatoms. The van der Waals surface area contributed by atoms with Gasteiger partial charge in [-0.25, -0.2) is 0 Å². The molecule has 4 aliphatic carbocycles. The van der Waals surface area contributed by atoms with E-state index in [1.165, 1.54) is 50.6 Å². The summed E-state index contributed by atoms with van der Waals surface area (Å²) in [5.74, 6) is 3.15. The standard InChI is InChI=1S/C15H22N2O/c1-11-2-13-3-12(1)5-15(4-11,6-13)10-16-7-14-8-17-18-9-14/h8-9,11-13,16H,1-7,10H2. The SMILES string of the molecule is c1nocc1CNCC12CC3CC(CC(C3)C1)C2. The molecular weight excluding hydrogens is 224 g/mol. The maximum atomic E-state index is 4.87. The first-order chi connectivity index (χ1) is 8.81. The van der Waals surface area contributed by atoms with Crippen molar-refractivity contribution in [2.45, 2.75) is 45.1 Å². The summed E-state index contributed by atoms with van der Waals surface area (Å²) in [6.07, 6.45) is 12.6. The Kier molecular flexibility index (Phi) is 2.51. The molecule has 0 aromatic carbocycles. The highest BCUT2D eigenvalue weighted by Gasteiger charge is 2.50. The van der Waals surface area contributed by atoms with E-state index in [1.54, 1.807) is 6.26 Å². The van der Waals surface area contributed by atoms with Crippen LogP contribution in [0.5, 0.6) is 0 Å². The van der Waals surface area contributed by atoms with Gasteiger partial charge in [0.15, 0.2) is 0 Å². The molecule has 4 saturated carbocycles. The van der Waals surface area contributed by atoms with E-state index in [-0.39, 0.29) is 0 Å². The summed E-state index contributed by atoms with van der Waals surface area (Å²) < 4.78 is 4.87. The fourth-order valence-electron chi connectivity index (χ4n) is 5.29. The van der Waals surface area contributed by atoms with E-state index in [9.17, 15) is 0 Å². The third kappa shape index (κ3) is 1.89. The molecule has 1 N–H and O–H groups in total. The van der Waals surface area contributed by atoms with Gasteiger partial charge in [0.2, 0.25) is 0 Å². The summed E-state index contributed by atoms with van der Waals surface area (Å²) in [5.41, 5.74) is 1.80. The van der Waals surface area contributed by atoms with Crippen molar-refractivity contribution in [3.63, 3.8) is 0 Å². The Hall–Kier alpha value is -0.830. The van der Waals surface area contributed by atoms with Crippen LogP contribution in [0.4, 0.5) is 0 Å². The number of hydrogen-bond acceptors (Lipinski definition) is 3. The molecule has 1 heterocycles. The molecule has 1 aromatic heterocycles. The van der Waals surface area contributed by atoms with Gasteiger partial charge in [-0.05, 0) is 61.7 Å². The lowest BCUT2D eigenvalue weighted by Gasteiger charge is -2.57. The van der Waals surface area contributed by atoms with E-state index in [0.29, 0.717) is 5.41 Å². The summed E-state index contributed by atoms with van der Waals surface area (Å²) in [5, 5.41) is 7.40. The van der Waals surface area contributed by atoms with Gasteiger partial charge >= 0.3 is 0 Å². The quantitative estimate of drug-likeness (QED) is 0.887. The summed E-state index contributed by atoms with van der Waals surface area (Å²) in [6, 6.07) is 0. The van der Waals surface area contributed by atoms with Crippen LogP contribution in [0.2, 0.25) is 0 Å². The van der Waals surface area contributed by atoms with Crippen LogP contribution in [-0.2, 0) is 6.54 Å². The Morgan fingerprint density at radius 3 is 2.39 bits per heavy atom. The smallest absolute Gasteiger partial charge is 0.128 e. The lowest BCUT2D eigenvalue weighted by Crippen LogP contribution is -2.50. The van der Waals surface area contributed by atoms with E-state index >= 15 is 0 Å². The number of aromatic nitrogens is 1. The number of nitrogens with zero attached hydrogens (tertiary/aromatic N) is 1. The van der Waals surface area contributed by atoms with Crippen molar-refractivity contribution in [3.05, 3.63) is 18.0 Å². The maximum Gasteiger partial charge on any atom is 0.128 e. The van der Waals surface area contributed by atoms with Crippen LogP contribution < -0.4 is 5.32 Å². The minimum Gasteiger partial charge on any atom is -0.364 e. The molecule has 0 aliphatic heterocycles. The first-order valence-electron chi connectivity index (χ1n) is 7.40. The molecule has 0 unspecified atom stereocenters. The molecule has 4 aliphatic rings. The average molecular weight is 246 g/mol. The third-order valence-corrected chi connectivity index (χ3v) is 5.48. The van der Waals surface area contributed by atoms with Crippen molar-refractivity contribution in [1.82, 2.24) is 10.5 Å². The van der Waals surface area contributed by atoms with Gasteiger partial charge in [-0.1, -0.05) is 5.16 Å². The zero-order chi connectivity index (χ0) is 12.0. The Balaban J connectivity index is 1.39. The molecular formula is C15H22N2O. The molecule has 0 spiro atoms. The molecule has 0 atom stereocenters. The Morgan fingerprint density at radius 1 is 1.17 bits per heavy atom.